The van der Waals surface area contributed by atoms with Gasteiger partial charge in [0.05, 0.1) is 28.2 Å². The van der Waals surface area contributed by atoms with Crippen LogP contribution in [0.15, 0.2) is 29.2 Å². The molecule has 0 aromatic heterocycles. The second-order valence-electron chi connectivity index (χ2n) is 3.96. The van der Waals surface area contributed by atoms with Crippen molar-refractivity contribution in [3.8, 4) is 6.07 Å². The molecule has 104 valence electrons. The molecule has 7 heteroatoms. The summed E-state index contributed by atoms with van der Waals surface area (Å²) >= 11 is 0. The summed E-state index contributed by atoms with van der Waals surface area (Å²) in [7, 11) is -3.92. The third-order valence-corrected chi connectivity index (χ3v) is 4.99. The minimum atomic E-state index is -4.59. The van der Waals surface area contributed by atoms with E-state index in [1.807, 2.05) is 0 Å². The van der Waals surface area contributed by atoms with Gasteiger partial charge >= 0.3 is 6.18 Å². The largest absolute Gasteiger partial charge is 0.416 e. The smallest absolute Gasteiger partial charge is 0.223 e. The second-order valence-corrected chi connectivity index (χ2v) is 6.19. The fraction of sp³-hybridized carbons (Fsp3) is 0.417. The minimum Gasteiger partial charge on any atom is -0.223 e. The molecule has 0 heterocycles. The van der Waals surface area contributed by atoms with Crippen LogP contribution in [0.3, 0.4) is 0 Å². The first kappa shape index (κ1) is 15.5. The fourth-order valence-electron chi connectivity index (χ4n) is 1.62. The average Bonchev–Trinajstić information content (AvgIpc) is 2.34. The lowest BCUT2D eigenvalue weighted by Crippen LogP contribution is -2.20. The molecule has 0 aliphatic heterocycles. The number of hydrogen-bond acceptors (Lipinski definition) is 3. The molecule has 0 N–H and O–H groups in total. The minimum absolute atomic E-state index is 0.173. The molecule has 1 aromatic carbocycles. The van der Waals surface area contributed by atoms with Gasteiger partial charge < -0.3 is 0 Å². The molecular formula is C12H12F3NO2S. The van der Waals surface area contributed by atoms with Crippen molar-refractivity contribution < 1.29 is 21.6 Å². The first-order valence-corrected chi connectivity index (χ1v) is 7.06. The third-order valence-electron chi connectivity index (χ3n) is 2.70. The second kappa shape index (κ2) is 5.61. The highest BCUT2D eigenvalue weighted by molar-refractivity contribution is 7.92. The lowest BCUT2D eigenvalue weighted by atomic mass is 10.2. The highest BCUT2D eigenvalue weighted by atomic mass is 32.2. The first-order valence-electron chi connectivity index (χ1n) is 5.51. The van der Waals surface area contributed by atoms with E-state index < -0.39 is 31.7 Å². The van der Waals surface area contributed by atoms with Crippen LogP contribution < -0.4 is 0 Å². The Bertz CT molecular complexity index is 588. The van der Waals surface area contributed by atoms with E-state index in [9.17, 15) is 21.6 Å². The van der Waals surface area contributed by atoms with Gasteiger partial charge in [-0.1, -0.05) is 13.0 Å². The van der Waals surface area contributed by atoms with Gasteiger partial charge in [-0.3, -0.25) is 0 Å². The molecule has 19 heavy (non-hydrogen) atoms. The number of nitriles is 1. The Morgan fingerprint density at radius 1 is 1.37 bits per heavy atom. The number of halogens is 3. The van der Waals surface area contributed by atoms with E-state index in [1.54, 1.807) is 13.0 Å². The van der Waals surface area contributed by atoms with E-state index in [-0.39, 0.29) is 12.8 Å². The van der Waals surface area contributed by atoms with Crippen LogP contribution in [-0.4, -0.2) is 13.7 Å². The maximum Gasteiger partial charge on any atom is 0.416 e. The topological polar surface area (TPSA) is 57.9 Å². The Kier molecular flexibility index (Phi) is 4.58. The molecule has 0 amide bonds. The van der Waals surface area contributed by atoms with E-state index in [2.05, 4.69) is 0 Å². The molecule has 0 bridgehead atoms. The van der Waals surface area contributed by atoms with Crippen LogP contribution in [0.25, 0.3) is 0 Å². The average molecular weight is 291 g/mol. The molecule has 1 aromatic rings. The summed E-state index contributed by atoms with van der Waals surface area (Å²) in [6.45, 7) is 1.58. The summed E-state index contributed by atoms with van der Waals surface area (Å²) in [6.07, 6.45) is -4.66. The molecule has 1 rings (SSSR count). The lowest BCUT2D eigenvalue weighted by molar-refractivity contribution is -0.137. The van der Waals surface area contributed by atoms with Crippen LogP contribution in [0.4, 0.5) is 13.2 Å². The quantitative estimate of drug-likeness (QED) is 0.856. The Morgan fingerprint density at radius 3 is 2.47 bits per heavy atom. The molecule has 0 saturated heterocycles. The summed E-state index contributed by atoms with van der Waals surface area (Å²) in [5.41, 5.74) is -1.01. The van der Waals surface area contributed by atoms with Crippen LogP contribution in [0.2, 0.25) is 0 Å². The molecule has 1 atom stereocenters. The highest BCUT2D eigenvalue weighted by Gasteiger charge is 2.33. The zero-order chi connectivity index (χ0) is 14.7. The predicted molar refractivity (Wildman–Crippen MR) is 62.9 cm³/mol. The van der Waals surface area contributed by atoms with E-state index in [1.165, 1.54) is 0 Å². The van der Waals surface area contributed by atoms with Gasteiger partial charge in [0.15, 0.2) is 9.84 Å². The maximum atomic E-state index is 12.5. The van der Waals surface area contributed by atoms with Crippen LogP contribution in [0.1, 0.15) is 25.3 Å². The SMILES string of the molecule is CCC(CC#N)S(=O)(=O)c1cccc(C(F)(F)F)c1. The predicted octanol–water partition coefficient (Wildman–Crippen LogP) is 3.17. The molecule has 0 aliphatic rings. The number of hydrogen-bond donors (Lipinski definition) is 0. The molecule has 0 spiro atoms. The van der Waals surface area contributed by atoms with Gasteiger partial charge in [0.25, 0.3) is 0 Å². The van der Waals surface area contributed by atoms with Crippen molar-refractivity contribution >= 4 is 9.84 Å². The van der Waals surface area contributed by atoms with Gasteiger partial charge in [-0.05, 0) is 24.6 Å². The van der Waals surface area contributed by atoms with Crippen LogP contribution in [-0.2, 0) is 16.0 Å². The van der Waals surface area contributed by atoms with Gasteiger partial charge in [-0.15, -0.1) is 0 Å². The number of alkyl halides is 3. The normalized spacial score (nSPS) is 13.8. The molecule has 0 aliphatic carbocycles. The van der Waals surface area contributed by atoms with Gasteiger partial charge in [-0.25, -0.2) is 8.42 Å². The van der Waals surface area contributed by atoms with Crippen molar-refractivity contribution in [1.82, 2.24) is 0 Å². The van der Waals surface area contributed by atoms with E-state index in [4.69, 9.17) is 5.26 Å². The summed E-state index contributed by atoms with van der Waals surface area (Å²) in [4.78, 5) is -0.399. The van der Waals surface area contributed by atoms with Crippen molar-refractivity contribution in [2.24, 2.45) is 0 Å². The zero-order valence-electron chi connectivity index (χ0n) is 10.1. The van der Waals surface area contributed by atoms with Gasteiger partial charge in [0.1, 0.15) is 0 Å². The molecule has 3 nitrogen and oxygen atoms in total. The monoisotopic (exact) mass is 291 g/mol. The van der Waals surface area contributed by atoms with Gasteiger partial charge in [0, 0.05) is 0 Å². The van der Waals surface area contributed by atoms with Crippen molar-refractivity contribution in [3.05, 3.63) is 29.8 Å². The van der Waals surface area contributed by atoms with E-state index in [0.29, 0.717) is 6.07 Å². The standard InChI is InChI=1S/C12H12F3NO2S/c1-2-10(6-7-16)19(17,18)11-5-3-4-9(8-11)12(13,14)15/h3-5,8,10H,2,6H2,1H3. The lowest BCUT2D eigenvalue weighted by Gasteiger charge is -2.14. The Morgan fingerprint density at radius 2 is 2.00 bits per heavy atom. The maximum absolute atomic E-state index is 12.5. The summed E-state index contributed by atoms with van der Waals surface area (Å²) in [5, 5.41) is 7.58. The molecule has 0 fully saturated rings. The van der Waals surface area contributed by atoms with Crippen molar-refractivity contribution in [1.29, 1.82) is 5.26 Å². The van der Waals surface area contributed by atoms with Gasteiger partial charge in [-0.2, -0.15) is 18.4 Å². The summed E-state index contributed by atoms with van der Waals surface area (Å²) in [5.74, 6) is 0. The summed E-state index contributed by atoms with van der Waals surface area (Å²) in [6, 6.07) is 5.32. The molecule has 0 saturated carbocycles. The van der Waals surface area contributed by atoms with Crippen molar-refractivity contribution in [2.75, 3.05) is 0 Å². The third kappa shape index (κ3) is 3.47. The molecule has 1 unspecified atom stereocenters. The first-order chi connectivity index (χ1) is 8.73. The Balaban J connectivity index is 3.27. The van der Waals surface area contributed by atoms with Crippen LogP contribution in [0, 0.1) is 11.3 Å². The highest BCUT2D eigenvalue weighted by Crippen LogP contribution is 2.31. The van der Waals surface area contributed by atoms with Crippen molar-refractivity contribution in [2.45, 2.75) is 36.1 Å². The van der Waals surface area contributed by atoms with E-state index >= 15 is 0 Å². The Hall–Kier alpha value is -1.55. The van der Waals surface area contributed by atoms with Gasteiger partial charge in [0.2, 0.25) is 0 Å². The fourth-order valence-corrected chi connectivity index (χ4v) is 3.29. The van der Waals surface area contributed by atoms with Crippen molar-refractivity contribution in [3.63, 3.8) is 0 Å². The van der Waals surface area contributed by atoms with E-state index in [0.717, 1.165) is 18.2 Å². The van der Waals surface area contributed by atoms with Crippen LogP contribution in [0.5, 0.6) is 0 Å². The number of sulfone groups is 1. The zero-order valence-corrected chi connectivity index (χ0v) is 10.9. The number of benzene rings is 1. The molecule has 0 radical (unpaired) electrons. The summed E-state index contributed by atoms with van der Waals surface area (Å²) < 4.78 is 61.8. The number of rotatable bonds is 4. The van der Waals surface area contributed by atoms with Crippen LogP contribution >= 0.6 is 0 Å². The Labute approximate surface area is 109 Å². The number of nitrogens with zero attached hydrogens (tertiary/aromatic N) is 1. The molecular weight excluding hydrogens is 279 g/mol.